The second-order valence-corrected chi connectivity index (χ2v) is 9.33. The van der Waals surface area contributed by atoms with Gasteiger partial charge in [-0.2, -0.15) is 0 Å². The average Bonchev–Trinajstić information content (AvgIpc) is 3.20. The molecule has 1 rings (SSSR count). The minimum Gasteiger partial charge on any atom is -0.480 e. The van der Waals surface area contributed by atoms with Crippen molar-refractivity contribution in [3.05, 3.63) is 0 Å². The van der Waals surface area contributed by atoms with Crippen LogP contribution in [0.15, 0.2) is 0 Å². The van der Waals surface area contributed by atoms with E-state index in [1.54, 1.807) is 0 Å². The summed E-state index contributed by atoms with van der Waals surface area (Å²) in [5.74, 6) is -2.32. The molecule has 0 unspecified atom stereocenters. The molecule has 1 heterocycles. The Morgan fingerprint density at radius 3 is 2.25 bits per heavy atom. The molecule has 1 aliphatic heterocycles. The van der Waals surface area contributed by atoms with E-state index in [1.807, 2.05) is 27.7 Å². The number of aliphatic carboxylic acids is 1. The number of nitrogens with one attached hydrogen (secondary N) is 2. The van der Waals surface area contributed by atoms with Crippen LogP contribution in [-0.2, 0) is 19.2 Å². The molecule has 0 aromatic heterocycles. The van der Waals surface area contributed by atoms with E-state index in [0.29, 0.717) is 45.2 Å². The maximum absolute atomic E-state index is 13.0. The Hall–Kier alpha value is -2.20. The molecule has 0 radical (unpaired) electrons. The molecular weight excluding hydrogens is 414 g/mol. The lowest BCUT2D eigenvalue weighted by atomic mass is 10.0. The highest BCUT2D eigenvalue weighted by atomic mass is 16.4. The molecule has 7 N–H and O–H groups in total. The van der Waals surface area contributed by atoms with Crippen LogP contribution in [0.1, 0.15) is 66.2 Å². The van der Waals surface area contributed by atoms with Gasteiger partial charge in [-0.05, 0) is 56.9 Å². The van der Waals surface area contributed by atoms with E-state index in [2.05, 4.69) is 10.6 Å². The zero-order valence-corrected chi connectivity index (χ0v) is 19.8. The first-order valence-electron chi connectivity index (χ1n) is 11.6. The molecule has 1 aliphatic rings. The van der Waals surface area contributed by atoms with Crippen LogP contribution >= 0.6 is 0 Å². The predicted octanol–water partition coefficient (Wildman–Crippen LogP) is 0.190. The van der Waals surface area contributed by atoms with Gasteiger partial charge in [0.25, 0.3) is 0 Å². The van der Waals surface area contributed by atoms with E-state index in [0.717, 1.165) is 0 Å². The Morgan fingerprint density at radius 2 is 1.72 bits per heavy atom. The monoisotopic (exact) mass is 455 g/mol. The summed E-state index contributed by atoms with van der Waals surface area (Å²) < 4.78 is 0. The van der Waals surface area contributed by atoms with E-state index in [1.165, 1.54) is 4.90 Å². The summed E-state index contributed by atoms with van der Waals surface area (Å²) in [6.07, 6.45) is 3.02. The van der Waals surface area contributed by atoms with Crippen LogP contribution in [0.2, 0.25) is 0 Å². The summed E-state index contributed by atoms with van der Waals surface area (Å²) in [5.41, 5.74) is 11.5. The highest BCUT2D eigenvalue weighted by Crippen LogP contribution is 2.20. The average molecular weight is 456 g/mol. The van der Waals surface area contributed by atoms with Crippen molar-refractivity contribution in [3.63, 3.8) is 0 Å². The molecule has 0 aromatic rings. The van der Waals surface area contributed by atoms with E-state index in [4.69, 9.17) is 11.5 Å². The van der Waals surface area contributed by atoms with Gasteiger partial charge in [-0.1, -0.05) is 27.7 Å². The summed E-state index contributed by atoms with van der Waals surface area (Å²) >= 11 is 0. The number of amides is 3. The Kier molecular flexibility index (Phi) is 11.6. The number of carbonyl (C=O) groups excluding carboxylic acids is 3. The van der Waals surface area contributed by atoms with Crippen molar-refractivity contribution in [2.24, 2.45) is 23.3 Å². The lowest BCUT2D eigenvalue weighted by molar-refractivity contribution is -0.143. The largest absolute Gasteiger partial charge is 0.480 e. The van der Waals surface area contributed by atoms with Crippen LogP contribution in [0.25, 0.3) is 0 Å². The van der Waals surface area contributed by atoms with Crippen LogP contribution in [0.4, 0.5) is 0 Å². The molecule has 0 aliphatic carbocycles. The van der Waals surface area contributed by atoms with Gasteiger partial charge in [0.15, 0.2) is 0 Å². The second kappa shape index (κ2) is 13.4. The highest BCUT2D eigenvalue weighted by molar-refractivity contribution is 5.94. The lowest BCUT2D eigenvalue weighted by Gasteiger charge is -2.30. The Labute approximate surface area is 190 Å². The zero-order valence-electron chi connectivity index (χ0n) is 19.8. The van der Waals surface area contributed by atoms with Crippen molar-refractivity contribution in [2.75, 3.05) is 13.1 Å². The third kappa shape index (κ3) is 8.38. The topological polar surface area (TPSA) is 168 Å². The van der Waals surface area contributed by atoms with Crippen molar-refractivity contribution in [2.45, 2.75) is 90.4 Å². The summed E-state index contributed by atoms with van der Waals surface area (Å²) in [5, 5.41) is 14.7. The maximum atomic E-state index is 13.0. The van der Waals surface area contributed by atoms with Gasteiger partial charge in [-0.25, -0.2) is 4.79 Å². The molecule has 1 fully saturated rings. The molecule has 1 saturated heterocycles. The number of carboxylic acid groups (broad SMARTS) is 1. The van der Waals surface area contributed by atoms with Gasteiger partial charge in [0.05, 0.1) is 6.04 Å². The molecular formula is C22H41N5O5. The first-order valence-corrected chi connectivity index (χ1v) is 11.6. The fourth-order valence-corrected chi connectivity index (χ4v) is 3.77. The first kappa shape index (κ1) is 27.8. The first-order chi connectivity index (χ1) is 15.0. The maximum Gasteiger partial charge on any atom is 0.326 e. The standard InChI is InChI=1S/C22H41N5O5/c1-13(2)12-16(19(28)25-15(22(31)32)8-5-6-10-23)26-20(29)17-9-7-11-27(17)21(30)18(24)14(3)4/h13-18H,5-12,23-24H2,1-4H3,(H,25,28)(H,26,29)(H,31,32)/t15-,16-,17-,18-/m0/s1. The summed E-state index contributed by atoms with van der Waals surface area (Å²) in [4.78, 5) is 51.7. The number of rotatable bonds is 13. The van der Waals surface area contributed by atoms with Crippen LogP contribution < -0.4 is 22.1 Å². The van der Waals surface area contributed by atoms with Crippen molar-refractivity contribution >= 4 is 23.7 Å². The van der Waals surface area contributed by atoms with Crippen LogP contribution in [0.3, 0.4) is 0 Å². The van der Waals surface area contributed by atoms with Crippen LogP contribution in [0.5, 0.6) is 0 Å². The fraction of sp³-hybridized carbons (Fsp3) is 0.818. The van der Waals surface area contributed by atoms with Crippen molar-refractivity contribution in [1.29, 1.82) is 0 Å². The summed E-state index contributed by atoms with van der Waals surface area (Å²) in [6, 6.07) is -3.32. The van der Waals surface area contributed by atoms with E-state index in [9.17, 15) is 24.3 Å². The summed E-state index contributed by atoms with van der Waals surface area (Å²) in [7, 11) is 0. The Bertz CT molecular complexity index is 655. The van der Waals surface area contributed by atoms with E-state index < -0.39 is 42.0 Å². The molecule has 4 atom stereocenters. The van der Waals surface area contributed by atoms with Gasteiger partial charge in [0.2, 0.25) is 17.7 Å². The number of carboxylic acids is 1. The second-order valence-electron chi connectivity index (χ2n) is 9.33. The van der Waals surface area contributed by atoms with Gasteiger partial charge in [-0.3, -0.25) is 14.4 Å². The number of hydrogen-bond acceptors (Lipinski definition) is 6. The normalized spacial score (nSPS) is 19.0. The SMILES string of the molecule is CC(C)C[C@H](NC(=O)[C@@H]1CCCN1C(=O)[C@@H](N)C(C)C)C(=O)N[C@@H](CCCCN)C(=O)O. The molecule has 32 heavy (non-hydrogen) atoms. The van der Waals surface area contributed by atoms with E-state index >= 15 is 0 Å². The third-order valence-electron chi connectivity index (χ3n) is 5.74. The molecule has 0 saturated carbocycles. The Balaban J connectivity index is 2.88. The Morgan fingerprint density at radius 1 is 1.06 bits per heavy atom. The number of nitrogens with two attached hydrogens (primary N) is 2. The predicted molar refractivity (Wildman–Crippen MR) is 121 cm³/mol. The van der Waals surface area contributed by atoms with Gasteiger partial charge >= 0.3 is 5.97 Å². The molecule has 10 nitrogen and oxygen atoms in total. The van der Waals surface area contributed by atoms with Crippen LogP contribution in [-0.4, -0.2) is 71.0 Å². The number of nitrogens with zero attached hydrogens (tertiary/aromatic N) is 1. The van der Waals surface area contributed by atoms with Crippen LogP contribution in [0, 0.1) is 11.8 Å². The molecule has 0 spiro atoms. The molecule has 3 amide bonds. The van der Waals surface area contributed by atoms with Gasteiger partial charge in [0, 0.05) is 6.54 Å². The minimum absolute atomic E-state index is 0.0569. The van der Waals surface area contributed by atoms with Crippen molar-refractivity contribution in [3.8, 4) is 0 Å². The number of hydrogen-bond donors (Lipinski definition) is 5. The number of unbranched alkanes of at least 4 members (excludes halogenated alkanes) is 1. The molecule has 0 bridgehead atoms. The third-order valence-corrected chi connectivity index (χ3v) is 5.74. The zero-order chi connectivity index (χ0) is 24.4. The molecule has 184 valence electrons. The quantitative estimate of drug-likeness (QED) is 0.247. The van der Waals surface area contributed by atoms with Crippen molar-refractivity contribution < 1.29 is 24.3 Å². The smallest absolute Gasteiger partial charge is 0.326 e. The van der Waals surface area contributed by atoms with Gasteiger partial charge < -0.3 is 32.1 Å². The summed E-state index contributed by atoms with van der Waals surface area (Å²) in [6.45, 7) is 8.42. The van der Waals surface area contributed by atoms with Gasteiger partial charge in [-0.15, -0.1) is 0 Å². The van der Waals surface area contributed by atoms with Crippen molar-refractivity contribution in [1.82, 2.24) is 15.5 Å². The fourth-order valence-electron chi connectivity index (χ4n) is 3.77. The molecule has 0 aromatic carbocycles. The lowest BCUT2D eigenvalue weighted by Crippen LogP contribution is -2.57. The molecule has 10 heteroatoms. The van der Waals surface area contributed by atoms with E-state index in [-0.39, 0.29) is 24.2 Å². The van der Waals surface area contributed by atoms with Gasteiger partial charge in [0.1, 0.15) is 18.1 Å². The highest BCUT2D eigenvalue weighted by Gasteiger charge is 2.38. The minimum atomic E-state index is -1.12. The number of carbonyl (C=O) groups is 4. The number of likely N-dealkylation sites (tertiary alicyclic amines) is 1.